The molecule has 1 unspecified atom stereocenters. The summed E-state index contributed by atoms with van der Waals surface area (Å²) in [6.45, 7) is 4.29. The topological polar surface area (TPSA) is 117 Å². The minimum absolute atomic E-state index is 0.0387. The highest BCUT2D eigenvalue weighted by Crippen LogP contribution is 2.43. The predicted octanol–water partition coefficient (Wildman–Crippen LogP) is 15.0. The molecule has 3 N–H and O–H groups in total. The summed E-state index contributed by atoms with van der Waals surface area (Å²) in [5, 5.41) is 0. The summed E-state index contributed by atoms with van der Waals surface area (Å²) in [6, 6.07) is 0. The number of unbranched alkanes of at least 4 members (excludes halogenated alkanes) is 34. The van der Waals surface area contributed by atoms with Crippen LogP contribution in [0.1, 0.15) is 251 Å². The first-order valence-corrected chi connectivity index (χ1v) is 25.7. The van der Waals surface area contributed by atoms with Crippen molar-refractivity contribution in [2.24, 2.45) is 5.73 Å². The van der Waals surface area contributed by atoms with Crippen LogP contribution >= 0.6 is 7.82 Å². The van der Waals surface area contributed by atoms with Crippen molar-refractivity contribution >= 4 is 13.8 Å². The summed E-state index contributed by atoms with van der Waals surface area (Å²) in [7, 11) is -4.29. The van der Waals surface area contributed by atoms with Gasteiger partial charge in [-0.3, -0.25) is 13.8 Å². The number of ether oxygens (including phenoxy) is 2. The molecule has 0 heterocycles. The fraction of sp³-hybridized carbons (Fsp3) is 0.936. The first-order valence-electron chi connectivity index (χ1n) is 24.2. The summed E-state index contributed by atoms with van der Waals surface area (Å²) in [4.78, 5) is 22.5. The maximum Gasteiger partial charge on any atom is 0.472 e. The van der Waals surface area contributed by atoms with Crippen molar-refractivity contribution in [3.63, 3.8) is 0 Å². The molecule has 0 rings (SSSR count). The number of hydrogen-bond acceptors (Lipinski definition) is 7. The molecule has 0 bridgehead atoms. The minimum Gasteiger partial charge on any atom is -0.498 e. The van der Waals surface area contributed by atoms with Crippen LogP contribution in [0.15, 0.2) is 12.3 Å². The van der Waals surface area contributed by atoms with Crippen LogP contribution in [0.25, 0.3) is 0 Å². The number of phosphoric ester groups is 1. The number of hydrogen-bond donors (Lipinski definition) is 2. The van der Waals surface area contributed by atoms with Crippen molar-refractivity contribution in [2.75, 3.05) is 26.4 Å². The first-order chi connectivity index (χ1) is 27.4. The molecule has 56 heavy (non-hydrogen) atoms. The Morgan fingerprint density at radius 2 is 0.893 bits per heavy atom. The molecular weight excluding hydrogens is 721 g/mol. The molecule has 0 aliphatic rings. The maximum atomic E-state index is 12.6. The van der Waals surface area contributed by atoms with E-state index in [0.29, 0.717) is 6.42 Å². The lowest BCUT2D eigenvalue weighted by molar-refractivity contribution is -0.153. The smallest absolute Gasteiger partial charge is 0.472 e. The molecule has 0 aliphatic carbocycles. The predicted molar refractivity (Wildman–Crippen MR) is 238 cm³/mol. The SMILES string of the molecule is CCCCCCCCCCCCCC/C=C/OC[C@H](COP(=O)(O)OCCN)OC(=O)CCCCCCCCCCCCCCCCCCCCCCCCC. The van der Waals surface area contributed by atoms with Gasteiger partial charge in [0.25, 0.3) is 0 Å². The van der Waals surface area contributed by atoms with Crippen molar-refractivity contribution in [2.45, 2.75) is 258 Å². The molecule has 2 atom stereocenters. The van der Waals surface area contributed by atoms with E-state index < -0.39 is 13.9 Å². The van der Waals surface area contributed by atoms with Gasteiger partial charge in [0.15, 0.2) is 6.10 Å². The molecule has 9 heteroatoms. The van der Waals surface area contributed by atoms with Gasteiger partial charge in [0.1, 0.15) is 6.61 Å². The summed E-state index contributed by atoms with van der Waals surface area (Å²) >= 11 is 0. The van der Waals surface area contributed by atoms with Gasteiger partial charge >= 0.3 is 13.8 Å². The Morgan fingerprint density at radius 1 is 0.536 bits per heavy atom. The van der Waals surface area contributed by atoms with Crippen LogP contribution < -0.4 is 5.73 Å². The molecule has 334 valence electrons. The van der Waals surface area contributed by atoms with E-state index in [1.54, 1.807) is 6.26 Å². The van der Waals surface area contributed by atoms with E-state index in [0.717, 1.165) is 32.1 Å². The van der Waals surface area contributed by atoms with Gasteiger partial charge in [0, 0.05) is 13.0 Å². The van der Waals surface area contributed by atoms with Gasteiger partial charge in [-0.05, 0) is 25.3 Å². The lowest BCUT2D eigenvalue weighted by atomic mass is 10.0. The number of rotatable bonds is 47. The fourth-order valence-electron chi connectivity index (χ4n) is 7.20. The standard InChI is InChI=1S/C47H94NO7P/c1-3-5-7-9-11-13-15-17-19-20-21-22-23-24-25-26-27-28-30-32-34-36-38-40-47(49)55-46(45-54-56(50,51)53-43-41-48)44-52-42-39-37-35-33-31-29-18-16-14-12-10-8-6-4-2/h39,42,46H,3-38,40-41,43-45,48H2,1-2H3,(H,50,51)/b42-39+/t46-/m1/s1. The molecule has 0 aromatic carbocycles. The molecule has 8 nitrogen and oxygen atoms in total. The molecular formula is C47H94NO7P. The van der Waals surface area contributed by atoms with Crippen LogP contribution in [0.4, 0.5) is 0 Å². The Kier molecular flexibility index (Phi) is 44.4. The minimum atomic E-state index is -4.29. The van der Waals surface area contributed by atoms with E-state index in [1.165, 1.54) is 199 Å². The van der Waals surface area contributed by atoms with Crippen molar-refractivity contribution in [1.29, 1.82) is 0 Å². The second-order valence-electron chi connectivity index (χ2n) is 16.4. The molecule has 0 aliphatic heterocycles. The van der Waals surface area contributed by atoms with Crippen LogP contribution in [0.5, 0.6) is 0 Å². The van der Waals surface area contributed by atoms with E-state index in [9.17, 15) is 14.3 Å². The maximum absolute atomic E-state index is 12.6. The van der Waals surface area contributed by atoms with Crippen LogP contribution in [0.3, 0.4) is 0 Å². The second-order valence-corrected chi connectivity index (χ2v) is 17.9. The highest BCUT2D eigenvalue weighted by molar-refractivity contribution is 7.47. The first kappa shape index (κ1) is 55.1. The molecule has 0 spiro atoms. The largest absolute Gasteiger partial charge is 0.498 e. The van der Waals surface area contributed by atoms with Gasteiger partial charge < -0.3 is 20.1 Å². The third-order valence-corrected chi connectivity index (χ3v) is 11.8. The monoisotopic (exact) mass is 816 g/mol. The van der Waals surface area contributed by atoms with E-state index in [2.05, 4.69) is 13.8 Å². The van der Waals surface area contributed by atoms with Crippen LogP contribution in [0.2, 0.25) is 0 Å². The van der Waals surface area contributed by atoms with Crippen molar-refractivity contribution in [1.82, 2.24) is 0 Å². The van der Waals surface area contributed by atoms with E-state index in [-0.39, 0.29) is 32.3 Å². The lowest BCUT2D eigenvalue weighted by Gasteiger charge is -2.19. The van der Waals surface area contributed by atoms with E-state index in [1.807, 2.05) is 6.08 Å². The molecule has 0 radical (unpaired) electrons. The summed E-state index contributed by atoms with van der Waals surface area (Å²) in [5.74, 6) is -0.346. The zero-order chi connectivity index (χ0) is 40.9. The van der Waals surface area contributed by atoms with Crippen molar-refractivity contribution in [3.8, 4) is 0 Å². The molecule has 0 aromatic heterocycles. The quantitative estimate of drug-likeness (QED) is 0.0270. The Hall–Kier alpha value is -0.920. The van der Waals surface area contributed by atoms with Crippen LogP contribution in [-0.2, 0) is 27.9 Å². The summed E-state index contributed by atoms with van der Waals surface area (Å²) < 4.78 is 33.3. The normalized spacial score (nSPS) is 13.4. The second kappa shape index (κ2) is 45.2. The Morgan fingerprint density at radius 3 is 1.27 bits per heavy atom. The average molecular weight is 816 g/mol. The fourth-order valence-corrected chi connectivity index (χ4v) is 7.97. The van der Waals surface area contributed by atoms with Gasteiger partial charge in [0.05, 0.1) is 19.5 Å². The molecule has 0 aromatic rings. The van der Waals surface area contributed by atoms with Gasteiger partial charge in [-0.15, -0.1) is 0 Å². The third-order valence-electron chi connectivity index (χ3n) is 10.8. The van der Waals surface area contributed by atoms with Crippen molar-refractivity contribution in [3.05, 3.63) is 12.3 Å². The Bertz CT molecular complexity index is 873. The van der Waals surface area contributed by atoms with E-state index in [4.69, 9.17) is 24.3 Å². The number of phosphoric acid groups is 1. The summed E-state index contributed by atoms with van der Waals surface area (Å²) in [5.41, 5.74) is 5.37. The third kappa shape index (κ3) is 44.2. The zero-order valence-corrected chi connectivity index (χ0v) is 38.0. The number of esters is 1. The van der Waals surface area contributed by atoms with Gasteiger partial charge in [-0.1, -0.05) is 226 Å². The van der Waals surface area contributed by atoms with Crippen molar-refractivity contribution < 1.29 is 32.8 Å². The highest BCUT2D eigenvalue weighted by atomic mass is 31.2. The average Bonchev–Trinajstić information content (AvgIpc) is 3.19. The lowest BCUT2D eigenvalue weighted by Crippen LogP contribution is -2.27. The summed E-state index contributed by atoms with van der Waals surface area (Å²) in [6.07, 6.45) is 50.5. The Balaban J connectivity index is 3.92. The molecule has 0 saturated carbocycles. The number of carbonyl (C=O) groups excluding carboxylic acids is 1. The molecule has 0 fully saturated rings. The van der Waals surface area contributed by atoms with Gasteiger partial charge in [0.2, 0.25) is 0 Å². The Labute approximate surface area is 347 Å². The van der Waals surface area contributed by atoms with Crippen LogP contribution in [-0.4, -0.2) is 43.3 Å². The molecule has 0 amide bonds. The van der Waals surface area contributed by atoms with E-state index >= 15 is 0 Å². The van der Waals surface area contributed by atoms with Crippen LogP contribution in [0, 0.1) is 0 Å². The molecule has 0 saturated heterocycles. The number of carbonyl (C=O) groups is 1. The van der Waals surface area contributed by atoms with Gasteiger partial charge in [-0.25, -0.2) is 4.57 Å². The zero-order valence-electron chi connectivity index (χ0n) is 37.1. The highest BCUT2D eigenvalue weighted by Gasteiger charge is 2.25. The number of allylic oxidation sites excluding steroid dienone is 1. The number of nitrogens with two attached hydrogens (primary N) is 1. The van der Waals surface area contributed by atoms with Gasteiger partial charge in [-0.2, -0.15) is 0 Å².